The third-order valence-corrected chi connectivity index (χ3v) is 4.54. The van der Waals surface area contributed by atoms with Crippen LogP contribution >= 0.6 is 12.2 Å². The van der Waals surface area contributed by atoms with Crippen molar-refractivity contribution in [2.75, 3.05) is 20.8 Å². The highest BCUT2D eigenvalue weighted by molar-refractivity contribution is 7.80. The number of carbonyl (C=O) groups is 1. The van der Waals surface area contributed by atoms with Gasteiger partial charge in [-0.15, -0.1) is 0 Å². The van der Waals surface area contributed by atoms with Gasteiger partial charge in [-0.05, 0) is 61.5 Å². The van der Waals surface area contributed by atoms with Gasteiger partial charge < -0.3 is 19.5 Å². The number of hydrogen-bond acceptors (Lipinski definition) is 5. The Morgan fingerprint density at radius 1 is 1.06 bits per heavy atom. The fraction of sp³-hybridized carbons (Fsp3) is 0.333. The summed E-state index contributed by atoms with van der Waals surface area (Å²) in [4.78, 5) is 12.1. The number of amides is 1. The third kappa shape index (κ3) is 7.49. The second kappa shape index (κ2) is 11.4. The summed E-state index contributed by atoms with van der Waals surface area (Å²) in [7, 11) is 3.11. The van der Waals surface area contributed by atoms with Gasteiger partial charge >= 0.3 is 6.18 Å². The van der Waals surface area contributed by atoms with Crippen molar-refractivity contribution in [1.82, 2.24) is 16.2 Å². The van der Waals surface area contributed by atoms with Crippen molar-refractivity contribution in [3.8, 4) is 17.2 Å². The smallest absolute Gasteiger partial charge is 0.416 e. The average Bonchev–Trinajstić information content (AvgIpc) is 2.76. The van der Waals surface area contributed by atoms with Gasteiger partial charge in [0, 0.05) is 6.54 Å². The lowest BCUT2D eigenvalue weighted by atomic mass is 10.1. The van der Waals surface area contributed by atoms with Crippen LogP contribution in [0.2, 0.25) is 0 Å². The predicted octanol–water partition coefficient (Wildman–Crippen LogP) is 3.23. The van der Waals surface area contributed by atoms with Crippen molar-refractivity contribution < 1.29 is 32.2 Å². The number of hydrogen-bond donors (Lipinski definition) is 3. The van der Waals surface area contributed by atoms with Crippen LogP contribution in [0.3, 0.4) is 0 Å². The minimum atomic E-state index is -4.50. The zero-order valence-electron chi connectivity index (χ0n) is 17.7. The van der Waals surface area contributed by atoms with Gasteiger partial charge in [-0.25, -0.2) is 0 Å². The SMILES string of the molecule is COc1ccc(CCNC(=S)NNC(=O)C(C)Oc2cccc(C(F)(F)F)c2)cc1OC. The van der Waals surface area contributed by atoms with Gasteiger partial charge in [0.2, 0.25) is 0 Å². The molecular formula is C21H24F3N3O4S. The maximum Gasteiger partial charge on any atom is 0.416 e. The van der Waals surface area contributed by atoms with Crippen LogP contribution in [-0.4, -0.2) is 37.9 Å². The van der Waals surface area contributed by atoms with Crippen molar-refractivity contribution >= 4 is 23.2 Å². The number of nitrogens with one attached hydrogen (secondary N) is 3. The van der Waals surface area contributed by atoms with Crippen molar-refractivity contribution in [3.63, 3.8) is 0 Å². The monoisotopic (exact) mass is 471 g/mol. The van der Waals surface area contributed by atoms with E-state index in [0.29, 0.717) is 24.5 Å². The summed E-state index contributed by atoms with van der Waals surface area (Å²) in [6, 6.07) is 9.85. The number of rotatable bonds is 8. The van der Waals surface area contributed by atoms with E-state index >= 15 is 0 Å². The van der Waals surface area contributed by atoms with E-state index in [1.165, 1.54) is 19.1 Å². The number of benzene rings is 2. The third-order valence-electron chi connectivity index (χ3n) is 4.29. The molecule has 0 aromatic heterocycles. The second-order valence-corrected chi connectivity index (χ2v) is 7.00. The molecule has 0 bridgehead atoms. The number of methoxy groups -OCH3 is 2. The average molecular weight is 472 g/mol. The minimum absolute atomic E-state index is 0.0712. The van der Waals surface area contributed by atoms with Crippen molar-refractivity contribution in [2.45, 2.75) is 25.6 Å². The Morgan fingerprint density at radius 2 is 1.78 bits per heavy atom. The summed E-state index contributed by atoms with van der Waals surface area (Å²) in [6.07, 6.45) is -4.92. The van der Waals surface area contributed by atoms with Crippen LogP contribution in [0.25, 0.3) is 0 Å². The Bertz CT molecular complexity index is 941. The van der Waals surface area contributed by atoms with Gasteiger partial charge in [0.05, 0.1) is 19.8 Å². The van der Waals surface area contributed by atoms with Gasteiger partial charge in [-0.3, -0.25) is 15.6 Å². The van der Waals surface area contributed by atoms with E-state index in [2.05, 4.69) is 16.2 Å². The van der Waals surface area contributed by atoms with Crippen molar-refractivity contribution in [1.29, 1.82) is 0 Å². The van der Waals surface area contributed by atoms with Crippen LogP contribution in [0.1, 0.15) is 18.1 Å². The molecule has 0 spiro atoms. The molecule has 0 aliphatic heterocycles. The zero-order valence-corrected chi connectivity index (χ0v) is 18.5. The molecule has 0 saturated carbocycles. The predicted molar refractivity (Wildman–Crippen MR) is 117 cm³/mol. The summed E-state index contributed by atoms with van der Waals surface area (Å²) in [5, 5.41) is 3.10. The van der Waals surface area contributed by atoms with Crippen LogP contribution in [0.5, 0.6) is 17.2 Å². The summed E-state index contributed by atoms with van der Waals surface area (Å²) >= 11 is 5.10. The molecule has 7 nitrogen and oxygen atoms in total. The lowest BCUT2D eigenvalue weighted by molar-refractivity contribution is -0.137. The molecule has 0 saturated heterocycles. The molecule has 0 aliphatic rings. The first-order chi connectivity index (χ1) is 15.1. The Labute approximate surface area is 189 Å². The number of hydrazine groups is 1. The molecule has 3 N–H and O–H groups in total. The molecule has 0 heterocycles. The Balaban J connectivity index is 1.76. The molecule has 2 rings (SSSR count). The summed E-state index contributed by atoms with van der Waals surface area (Å²) in [5.74, 6) is 0.572. The quantitative estimate of drug-likeness (QED) is 0.403. The van der Waals surface area contributed by atoms with E-state index in [1.807, 2.05) is 12.1 Å². The van der Waals surface area contributed by atoms with Gasteiger partial charge in [0.15, 0.2) is 22.7 Å². The molecule has 1 unspecified atom stereocenters. The van der Waals surface area contributed by atoms with Gasteiger partial charge in [-0.1, -0.05) is 12.1 Å². The van der Waals surface area contributed by atoms with Crippen LogP contribution < -0.4 is 30.4 Å². The van der Waals surface area contributed by atoms with E-state index in [9.17, 15) is 18.0 Å². The normalized spacial score (nSPS) is 11.8. The fourth-order valence-electron chi connectivity index (χ4n) is 2.62. The van der Waals surface area contributed by atoms with Crippen molar-refractivity contribution in [2.24, 2.45) is 0 Å². The Morgan fingerprint density at radius 3 is 2.44 bits per heavy atom. The summed E-state index contributed by atoms with van der Waals surface area (Å²) in [6.45, 7) is 1.89. The second-order valence-electron chi connectivity index (χ2n) is 6.60. The minimum Gasteiger partial charge on any atom is -0.493 e. The van der Waals surface area contributed by atoms with Crippen LogP contribution in [-0.2, 0) is 17.4 Å². The number of carbonyl (C=O) groups excluding carboxylic acids is 1. The van der Waals surface area contributed by atoms with Gasteiger partial charge in [0.1, 0.15) is 5.75 Å². The fourth-order valence-corrected chi connectivity index (χ4v) is 2.78. The molecular weight excluding hydrogens is 447 g/mol. The maximum atomic E-state index is 12.8. The number of alkyl halides is 3. The van der Waals surface area contributed by atoms with E-state index < -0.39 is 23.8 Å². The standard InChI is InChI=1S/C21H24F3N3O4S/c1-13(31-16-6-4-5-15(12-16)21(22,23)24)19(28)26-27-20(32)25-10-9-14-7-8-17(29-2)18(11-14)30-3/h4-8,11-13H,9-10H2,1-3H3,(H,26,28)(H2,25,27,32). The highest BCUT2D eigenvalue weighted by atomic mass is 32.1. The van der Waals surface area contributed by atoms with Crippen molar-refractivity contribution in [3.05, 3.63) is 53.6 Å². The molecule has 1 amide bonds. The summed E-state index contributed by atoms with van der Waals surface area (Å²) < 4.78 is 54.1. The van der Waals surface area contributed by atoms with Gasteiger partial charge in [-0.2, -0.15) is 13.2 Å². The highest BCUT2D eigenvalue weighted by Crippen LogP contribution is 2.31. The zero-order chi connectivity index (χ0) is 23.7. The molecule has 11 heteroatoms. The molecule has 0 radical (unpaired) electrons. The first-order valence-corrected chi connectivity index (χ1v) is 9.93. The van der Waals surface area contributed by atoms with Crippen LogP contribution in [0, 0.1) is 0 Å². The maximum absolute atomic E-state index is 12.8. The molecule has 0 fully saturated rings. The molecule has 32 heavy (non-hydrogen) atoms. The molecule has 174 valence electrons. The lowest BCUT2D eigenvalue weighted by Crippen LogP contribution is -2.50. The Kier molecular flexibility index (Phi) is 8.94. The topological polar surface area (TPSA) is 80.9 Å². The van der Waals surface area contributed by atoms with Crippen LogP contribution in [0.4, 0.5) is 13.2 Å². The van der Waals surface area contributed by atoms with E-state index in [0.717, 1.165) is 17.7 Å². The molecule has 1 atom stereocenters. The lowest BCUT2D eigenvalue weighted by Gasteiger charge is -2.17. The number of halogens is 3. The van der Waals surface area contributed by atoms with E-state index in [1.54, 1.807) is 20.3 Å². The number of thiocarbonyl (C=S) groups is 1. The first kappa shape index (κ1) is 25.1. The Hall–Kier alpha value is -3.21. The molecule has 2 aromatic carbocycles. The van der Waals surface area contributed by atoms with E-state index in [-0.39, 0.29) is 10.9 Å². The molecule has 2 aromatic rings. The highest BCUT2D eigenvalue weighted by Gasteiger charge is 2.30. The van der Waals surface area contributed by atoms with Crippen LogP contribution in [0.15, 0.2) is 42.5 Å². The summed E-state index contributed by atoms with van der Waals surface area (Å²) in [5.41, 5.74) is 5.01. The number of ether oxygens (including phenoxy) is 3. The van der Waals surface area contributed by atoms with E-state index in [4.69, 9.17) is 26.4 Å². The first-order valence-electron chi connectivity index (χ1n) is 9.52. The molecule has 0 aliphatic carbocycles. The van der Waals surface area contributed by atoms with Gasteiger partial charge in [0.25, 0.3) is 5.91 Å². The largest absolute Gasteiger partial charge is 0.493 e.